The van der Waals surface area contributed by atoms with Crippen LogP contribution in [-0.4, -0.2) is 31.1 Å². The third-order valence-corrected chi connectivity index (χ3v) is 4.41. The van der Waals surface area contributed by atoms with Crippen LogP contribution in [0.3, 0.4) is 0 Å². The molecule has 112 valence electrons. The lowest BCUT2D eigenvalue weighted by molar-refractivity contribution is 0.144. The van der Waals surface area contributed by atoms with Crippen molar-refractivity contribution < 1.29 is 4.74 Å². The second-order valence-electron chi connectivity index (χ2n) is 6.03. The van der Waals surface area contributed by atoms with Crippen molar-refractivity contribution in [2.24, 2.45) is 11.7 Å². The van der Waals surface area contributed by atoms with E-state index in [0.717, 1.165) is 32.0 Å². The van der Waals surface area contributed by atoms with Gasteiger partial charge in [-0.1, -0.05) is 39.8 Å². The van der Waals surface area contributed by atoms with Gasteiger partial charge in [0.2, 0.25) is 0 Å². The van der Waals surface area contributed by atoms with Gasteiger partial charge in [0.15, 0.2) is 0 Å². The van der Waals surface area contributed by atoms with Crippen molar-refractivity contribution in [3.63, 3.8) is 0 Å². The van der Waals surface area contributed by atoms with E-state index >= 15 is 0 Å². The molecule has 0 spiro atoms. The minimum absolute atomic E-state index is 0.0815. The van der Waals surface area contributed by atoms with E-state index in [1.807, 2.05) is 0 Å². The molecule has 2 atom stereocenters. The fraction of sp³-hybridized carbons (Fsp3) is 0.647. The Bertz CT molecular complexity index is 441. The molecule has 2 N–H and O–H groups in total. The third-order valence-electron chi connectivity index (χ3n) is 4.41. The average Bonchev–Trinajstić information content (AvgIpc) is 2.46. The molecule has 3 heteroatoms. The van der Waals surface area contributed by atoms with E-state index in [1.54, 1.807) is 0 Å². The smallest absolute Gasteiger partial charge is 0.124 e. The molecule has 20 heavy (non-hydrogen) atoms. The number of hydrogen-bond acceptors (Lipinski definition) is 3. The summed E-state index contributed by atoms with van der Waals surface area (Å²) in [7, 11) is 0. The van der Waals surface area contributed by atoms with Crippen molar-refractivity contribution in [1.82, 2.24) is 4.90 Å². The number of hydrogen-bond donors (Lipinski definition) is 1. The highest BCUT2D eigenvalue weighted by Crippen LogP contribution is 2.36. The zero-order valence-corrected chi connectivity index (χ0v) is 13.2. The van der Waals surface area contributed by atoms with Gasteiger partial charge in [0.05, 0.1) is 6.61 Å². The SMILES string of the molecule is CCN(CC)CC1COc2ccc(C(C)C)cc2C1N. The fourth-order valence-electron chi connectivity index (χ4n) is 2.85. The second kappa shape index (κ2) is 6.59. The summed E-state index contributed by atoms with van der Waals surface area (Å²) in [5.41, 5.74) is 9.03. The summed E-state index contributed by atoms with van der Waals surface area (Å²) in [5, 5.41) is 0. The quantitative estimate of drug-likeness (QED) is 0.898. The van der Waals surface area contributed by atoms with Crippen LogP contribution in [0.5, 0.6) is 5.75 Å². The Morgan fingerprint density at radius 3 is 2.60 bits per heavy atom. The molecule has 0 saturated heterocycles. The van der Waals surface area contributed by atoms with Crippen molar-refractivity contribution in [2.45, 2.75) is 39.7 Å². The average molecular weight is 276 g/mol. The Morgan fingerprint density at radius 1 is 1.30 bits per heavy atom. The van der Waals surface area contributed by atoms with Crippen LogP contribution in [0.15, 0.2) is 18.2 Å². The van der Waals surface area contributed by atoms with Gasteiger partial charge in [-0.2, -0.15) is 0 Å². The normalized spacial score (nSPS) is 21.9. The number of fused-ring (bicyclic) bond motifs is 1. The maximum atomic E-state index is 6.51. The van der Waals surface area contributed by atoms with E-state index in [4.69, 9.17) is 10.5 Å². The highest BCUT2D eigenvalue weighted by Gasteiger charge is 2.29. The highest BCUT2D eigenvalue weighted by atomic mass is 16.5. The molecule has 2 unspecified atom stereocenters. The fourth-order valence-corrected chi connectivity index (χ4v) is 2.85. The second-order valence-corrected chi connectivity index (χ2v) is 6.03. The van der Waals surface area contributed by atoms with E-state index in [0.29, 0.717) is 11.8 Å². The Morgan fingerprint density at radius 2 is 2.00 bits per heavy atom. The molecular formula is C17H28N2O. The molecule has 0 aliphatic carbocycles. The van der Waals surface area contributed by atoms with Crippen LogP contribution in [0.25, 0.3) is 0 Å². The number of rotatable bonds is 5. The van der Waals surface area contributed by atoms with Gasteiger partial charge in [-0.05, 0) is 30.6 Å². The highest BCUT2D eigenvalue weighted by molar-refractivity contribution is 5.42. The van der Waals surface area contributed by atoms with Crippen LogP contribution in [0.2, 0.25) is 0 Å². The summed E-state index contributed by atoms with van der Waals surface area (Å²) < 4.78 is 5.92. The molecule has 0 radical (unpaired) electrons. The largest absolute Gasteiger partial charge is 0.493 e. The van der Waals surface area contributed by atoms with Crippen molar-refractivity contribution >= 4 is 0 Å². The molecular weight excluding hydrogens is 248 g/mol. The van der Waals surface area contributed by atoms with Crippen LogP contribution < -0.4 is 10.5 Å². The van der Waals surface area contributed by atoms with E-state index < -0.39 is 0 Å². The minimum atomic E-state index is 0.0815. The molecule has 2 rings (SSSR count). The molecule has 1 aromatic rings. The summed E-state index contributed by atoms with van der Waals surface area (Å²) in [5.74, 6) is 1.87. The van der Waals surface area contributed by atoms with E-state index in [-0.39, 0.29) is 6.04 Å². The minimum Gasteiger partial charge on any atom is -0.493 e. The Balaban J connectivity index is 2.18. The maximum Gasteiger partial charge on any atom is 0.124 e. The molecule has 0 aromatic heterocycles. The first kappa shape index (κ1) is 15.3. The van der Waals surface area contributed by atoms with Gasteiger partial charge in [0, 0.05) is 24.1 Å². The van der Waals surface area contributed by atoms with Gasteiger partial charge >= 0.3 is 0 Å². The van der Waals surface area contributed by atoms with E-state index in [9.17, 15) is 0 Å². The van der Waals surface area contributed by atoms with Crippen molar-refractivity contribution in [2.75, 3.05) is 26.2 Å². The standard InChI is InChI=1S/C17H28N2O/c1-5-19(6-2)10-14-11-20-16-8-7-13(12(3)4)9-15(16)17(14)18/h7-9,12,14,17H,5-6,10-11,18H2,1-4H3. The van der Waals surface area contributed by atoms with E-state index in [1.165, 1.54) is 11.1 Å². The maximum absolute atomic E-state index is 6.51. The Hall–Kier alpha value is -1.06. The van der Waals surface area contributed by atoms with Crippen LogP contribution in [-0.2, 0) is 0 Å². The molecule has 1 heterocycles. The van der Waals surface area contributed by atoms with Crippen molar-refractivity contribution in [3.05, 3.63) is 29.3 Å². The summed E-state index contributed by atoms with van der Waals surface area (Å²) in [4.78, 5) is 2.42. The lowest BCUT2D eigenvalue weighted by Gasteiger charge is -2.34. The molecule has 1 aliphatic heterocycles. The zero-order valence-electron chi connectivity index (χ0n) is 13.2. The lowest BCUT2D eigenvalue weighted by Crippen LogP contribution is -2.40. The number of nitrogens with two attached hydrogens (primary N) is 1. The molecule has 3 nitrogen and oxygen atoms in total. The van der Waals surface area contributed by atoms with Gasteiger partial charge in [0.1, 0.15) is 5.75 Å². The molecule has 0 saturated carbocycles. The van der Waals surface area contributed by atoms with Crippen molar-refractivity contribution in [3.8, 4) is 5.75 Å². The first-order chi connectivity index (χ1) is 9.56. The molecule has 1 aromatic carbocycles. The summed E-state index contributed by atoms with van der Waals surface area (Å²) in [6.07, 6.45) is 0. The Kier molecular flexibility index (Phi) is 5.06. The molecule has 0 bridgehead atoms. The van der Waals surface area contributed by atoms with Crippen LogP contribution in [0.1, 0.15) is 50.8 Å². The summed E-state index contributed by atoms with van der Waals surface area (Å²) >= 11 is 0. The number of ether oxygens (including phenoxy) is 1. The van der Waals surface area contributed by atoms with Crippen LogP contribution >= 0.6 is 0 Å². The van der Waals surface area contributed by atoms with E-state index in [2.05, 4.69) is 50.8 Å². The first-order valence-corrected chi connectivity index (χ1v) is 7.81. The van der Waals surface area contributed by atoms with Gasteiger partial charge < -0.3 is 15.4 Å². The number of benzene rings is 1. The summed E-state index contributed by atoms with van der Waals surface area (Å²) in [6, 6.07) is 6.55. The Labute approximate surface area is 123 Å². The molecule has 0 amide bonds. The van der Waals surface area contributed by atoms with Gasteiger partial charge in [-0.25, -0.2) is 0 Å². The van der Waals surface area contributed by atoms with Crippen molar-refractivity contribution in [1.29, 1.82) is 0 Å². The monoisotopic (exact) mass is 276 g/mol. The van der Waals surface area contributed by atoms with Gasteiger partial charge in [-0.3, -0.25) is 0 Å². The topological polar surface area (TPSA) is 38.5 Å². The lowest BCUT2D eigenvalue weighted by atomic mass is 9.88. The zero-order chi connectivity index (χ0) is 14.7. The molecule has 1 aliphatic rings. The predicted octanol–water partition coefficient (Wildman–Crippen LogP) is 3.16. The van der Waals surface area contributed by atoms with Gasteiger partial charge in [0.25, 0.3) is 0 Å². The van der Waals surface area contributed by atoms with Crippen LogP contribution in [0.4, 0.5) is 0 Å². The summed E-state index contributed by atoms with van der Waals surface area (Å²) in [6.45, 7) is 12.7. The van der Waals surface area contributed by atoms with Gasteiger partial charge in [-0.15, -0.1) is 0 Å². The van der Waals surface area contributed by atoms with Crippen LogP contribution in [0, 0.1) is 5.92 Å². The first-order valence-electron chi connectivity index (χ1n) is 7.81. The third kappa shape index (κ3) is 3.15. The number of nitrogens with zero attached hydrogens (tertiary/aromatic N) is 1. The predicted molar refractivity (Wildman–Crippen MR) is 84.2 cm³/mol. The molecule has 0 fully saturated rings.